The molecule has 2 aliphatic carbocycles. The lowest BCUT2D eigenvalue weighted by atomic mass is 9.51. The summed E-state index contributed by atoms with van der Waals surface area (Å²) in [5, 5.41) is 21.7. The highest BCUT2D eigenvalue weighted by Crippen LogP contribution is 2.63. The fourth-order valence-electron chi connectivity index (χ4n) is 5.13. The molecule has 2 bridgehead atoms. The Morgan fingerprint density at radius 1 is 1.41 bits per heavy atom. The van der Waals surface area contributed by atoms with E-state index in [1.165, 1.54) is 6.08 Å². The normalized spacial score (nSPS) is 41.3. The van der Waals surface area contributed by atoms with Gasteiger partial charge in [-0.05, 0) is 50.2 Å². The summed E-state index contributed by atoms with van der Waals surface area (Å²) in [5.74, 6) is 0.312. The summed E-state index contributed by atoms with van der Waals surface area (Å²) in [6.07, 6.45) is 3.70. The number of piperidine rings is 1. The molecule has 1 saturated heterocycles. The van der Waals surface area contributed by atoms with Crippen LogP contribution in [0.15, 0.2) is 24.3 Å². The third-order valence-corrected chi connectivity index (χ3v) is 6.14. The maximum Gasteiger partial charge on any atom is 0.196 e. The number of rotatable bonds is 0. The zero-order valence-corrected chi connectivity index (χ0v) is 12.2. The second-order valence-corrected chi connectivity index (χ2v) is 6.93. The van der Waals surface area contributed by atoms with Crippen LogP contribution in [0, 0.1) is 0 Å². The molecule has 0 saturated carbocycles. The van der Waals surface area contributed by atoms with E-state index in [0.29, 0.717) is 18.6 Å². The third kappa shape index (κ3) is 1.08. The van der Waals surface area contributed by atoms with Crippen LogP contribution in [0.25, 0.3) is 0 Å². The van der Waals surface area contributed by atoms with Crippen LogP contribution in [0.3, 0.4) is 0 Å². The van der Waals surface area contributed by atoms with Crippen molar-refractivity contribution in [2.24, 2.45) is 0 Å². The topological polar surface area (TPSA) is 70.0 Å². The maximum atomic E-state index is 12.4. The molecule has 22 heavy (non-hydrogen) atoms. The van der Waals surface area contributed by atoms with Crippen LogP contribution >= 0.6 is 0 Å². The molecule has 5 nitrogen and oxygen atoms in total. The van der Waals surface area contributed by atoms with E-state index in [2.05, 4.69) is 4.90 Å². The molecule has 0 aromatic heterocycles. The predicted molar refractivity (Wildman–Crippen MR) is 78.0 cm³/mol. The molecule has 4 atom stereocenters. The van der Waals surface area contributed by atoms with Crippen molar-refractivity contribution in [1.29, 1.82) is 0 Å². The number of phenols is 1. The Bertz CT molecular complexity index is 757. The highest BCUT2D eigenvalue weighted by molar-refractivity contribution is 5.99. The fraction of sp³-hybridized carbons (Fsp3) is 0.471. The average molecular weight is 299 g/mol. The summed E-state index contributed by atoms with van der Waals surface area (Å²) in [7, 11) is 2.01. The summed E-state index contributed by atoms with van der Waals surface area (Å²) in [4.78, 5) is 14.6. The second-order valence-electron chi connectivity index (χ2n) is 6.93. The van der Waals surface area contributed by atoms with Gasteiger partial charge in [-0.2, -0.15) is 0 Å². The number of phenolic OH excluding ortho intramolecular Hbond substituents is 1. The number of aromatic hydroxyl groups is 1. The highest BCUT2D eigenvalue weighted by atomic mass is 16.5. The van der Waals surface area contributed by atoms with Gasteiger partial charge in [0.1, 0.15) is 5.60 Å². The van der Waals surface area contributed by atoms with Gasteiger partial charge in [-0.15, -0.1) is 0 Å². The number of aliphatic hydroxyl groups is 1. The van der Waals surface area contributed by atoms with Crippen LogP contribution in [0.4, 0.5) is 0 Å². The van der Waals surface area contributed by atoms with Crippen molar-refractivity contribution in [3.8, 4) is 11.5 Å². The minimum atomic E-state index is -1.13. The summed E-state index contributed by atoms with van der Waals surface area (Å²) < 4.78 is 5.89. The van der Waals surface area contributed by atoms with Crippen LogP contribution in [0.5, 0.6) is 11.5 Å². The standard InChI is InChI=1S/C17H17NO4/c1-18-7-6-16-13-9-2-3-10(19)14(13)22-15(16)11(20)4-5-17(16,21)12(18)8-9/h2-5,12,15,19,21H,6-8H2,1H3/t12-,15?,16+,17?/m1/s1. The van der Waals surface area contributed by atoms with Crippen molar-refractivity contribution in [3.63, 3.8) is 0 Å². The monoisotopic (exact) mass is 299 g/mol. The molecule has 114 valence electrons. The van der Waals surface area contributed by atoms with E-state index in [9.17, 15) is 15.0 Å². The number of ether oxygens (including phenoxy) is 1. The molecular formula is C17H17NO4. The van der Waals surface area contributed by atoms with Crippen LogP contribution in [-0.2, 0) is 16.6 Å². The minimum Gasteiger partial charge on any atom is -0.504 e. The van der Waals surface area contributed by atoms with Gasteiger partial charge in [0.15, 0.2) is 23.4 Å². The Balaban J connectivity index is 1.91. The van der Waals surface area contributed by atoms with Crippen LogP contribution in [-0.4, -0.2) is 52.2 Å². The maximum absolute atomic E-state index is 12.4. The lowest BCUT2D eigenvalue weighted by molar-refractivity contribution is -0.151. The van der Waals surface area contributed by atoms with E-state index >= 15 is 0 Å². The van der Waals surface area contributed by atoms with Crippen LogP contribution in [0.1, 0.15) is 17.5 Å². The van der Waals surface area contributed by atoms with E-state index in [1.54, 1.807) is 12.1 Å². The van der Waals surface area contributed by atoms with Crippen molar-refractivity contribution >= 4 is 5.78 Å². The molecule has 2 N–H and O–H groups in total. The highest BCUT2D eigenvalue weighted by Gasteiger charge is 2.71. The molecule has 0 radical (unpaired) electrons. The van der Waals surface area contributed by atoms with E-state index < -0.39 is 17.1 Å². The van der Waals surface area contributed by atoms with Gasteiger partial charge in [0.2, 0.25) is 0 Å². The first-order valence-electron chi connectivity index (χ1n) is 7.67. The first kappa shape index (κ1) is 12.7. The van der Waals surface area contributed by atoms with Crippen molar-refractivity contribution < 1.29 is 19.7 Å². The molecule has 2 heterocycles. The quantitative estimate of drug-likeness (QED) is 0.731. The van der Waals surface area contributed by atoms with Crippen molar-refractivity contribution in [3.05, 3.63) is 35.4 Å². The SMILES string of the molecule is CN1CC[C@]23c4c5ccc(O)c4OC2C(=O)C=CC3(O)[C@H]1C5. The van der Waals surface area contributed by atoms with E-state index in [-0.39, 0.29) is 17.6 Å². The summed E-state index contributed by atoms with van der Waals surface area (Å²) in [5.41, 5.74) is 0.0177. The Kier molecular flexibility index (Phi) is 2.04. The third-order valence-electron chi connectivity index (χ3n) is 6.14. The van der Waals surface area contributed by atoms with Crippen LogP contribution < -0.4 is 4.74 Å². The zero-order valence-electron chi connectivity index (χ0n) is 12.2. The molecule has 1 spiro atoms. The first-order chi connectivity index (χ1) is 10.5. The molecule has 0 amide bonds. The number of hydrogen-bond acceptors (Lipinski definition) is 5. The van der Waals surface area contributed by atoms with Gasteiger partial charge in [0.05, 0.1) is 5.41 Å². The lowest BCUT2D eigenvalue weighted by Crippen LogP contribution is -2.74. The van der Waals surface area contributed by atoms with E-state index in [1.807, 2.05) is 13.1 Å². The van der Waals surface area contributed by atoms with E-state index in [0.717, 1.165) is 17.7 Å². The number of likely N-dealkylation sites (N-methyl/N-ethyl adjacent to an activating group) is 1. The molecule has 5 heteroatoms. The Morgan fingerprint density at radius 3 is 3.05 bits per heavy atom. The molecule has 2 aliphatic heterocycles. The lowest BCUT2D eigenvalue weighted by Gasteiger charge is -2.60. The number of carbonyl (C=O) groups is 1. The molecule has 4 aliphatic rings. The van der Waals surface area contributed by atoms with Crippen molar-refractivity contribution in [2.45, 2.75) is 36.0 Å². The largest absolute Gasteiger partial charge is 0.504 e. The smallest absolute Gasteiger partial charge is 0.196 e. The fourth-order valence-corrected chi connectivity index (χ4v) is 5.13. The number of hydrogen-bond donors (Lipinski definition) is 2. The number of benzene rings is 1. The van der Waals surface area contributed by atoms with Gasteiger partial charge in [-0.3, -0.25) is 9.69 Å². The molecule has 2 unspecified atom stereocenters. The minimum absolute atomic E-state index is 0.0510. The van der Waals surface area contributed by atoms with Crippen LogP contribution in [0.2, 0.25) is 0 Å². The number of carbonyl (C=O) groups excluding carboxylic acids is 1. The Hall–Kier alpha value is -1.85. The van der Waals surface area contributed by atoms with Gasteiger partial charge in [0, 0.05) is 11.6 Å². The molecule has 5 rings (SSSR count). The molecule has 1 aromatic carbocycles. The van der Waals surface area contributed by atoms with Gasteiger partial charge in [0.25, 0.3) is 0 Å². The number of nitrogens with zero attached hydrogens (tertiary/aromatic N) is 1. The predicted octanol–water partition coefficient (Wildman–Crippen LogP) is 0.521. The second kappa shape index (κ2) is 3.55. The number of ketones is 1. The van der Waals surface area contributed by atoms with Gasteiger partial charge in [-0.1, -0.05) is 6.07 Å². The van der Waals surface area contributed by atoms with Gasteiger partial charge in [-0.25, -0.2) is 0 Å². The summed E-state index contributed by atoms with van der Waals surface area (Å²) in [6, 6.07) is 3.44. The van der Waals surface area contributed by atoms with Gasteiger partial charge < -0.3 is 14.9 Å². The summed E-state index contributed by atoms with van der Waals surface area (Å²) in [6.45, 7) is 0.794. The molecule has 1 aromatic rings. The first-order valence-corrected chi connectivity index (χ1v) is 7.67. The Labute approximate surface area is 127 Å². The average Bonchev–Trinajstić information content (AvgIpc) is 2.85. The molecular weight excluding hydrogens is 282 g/mol. The Morgan fingerprint density at radius 2 is 2.23 bits per heavy atom. The van der Waals surface area contributed by atoms with Crippen molar-refractivity contribution in [2.75, 3.05) is 13.6 Å². The summed E-state index contributed by atoms with van der Waals surface area (Å²) >= 11 is 0. The van der Waals surface area contributed by atoms with E-state index in [4.69, 9.17) is 4.74 Å². The van der Waals surface area contributed by atoms with Gasteiger partial charge >= 0.3 is 0 Å². The molecule has 1 fully saturated rings. The zero-order chi connectivity index (χ0) is 15.3. The number of likely N-dealkylation sites (tertiary alicyclic amines) is 1. The van der Waals surface area contributed by atoms with Crippen molar-refractivity contribution in [1.82, 2.24) is 4.90 Å².